The Labute approximate surface area is 241 Å². The molecule has 12 nitrogen and oxygen atoms in total. The highest BCUT2D eigenvalue weighted by atomic mass is 32.1. The normalized spacial score (nSPS) is 15.8. The Balaban J connectivity index is 1.81. The predicted molar refractivity (Wildman–Crippen MR) is 156 cm³/mol. The molecule has 226 valence electrons. The number of aliphatic carboxylic acids is 1. The molecule has 0 aromatic carbocycles. The summed E-state index contributed by atoms with van der Waals surface area (Å²) >= 11 is 1.30. The van der Waals surface area contributed by atoms with Crippen LogP contribution in [0.2, 0.25) is 18.1 Å². The molecule has 0 radical (unpaired) electrons. The van der Waals surface area contributed by atoms with Crippen molar-refractivity contribution in [1.29, 1.82) is 0 Å². The molecule has 40 heavy (non-hydrogen) atoms. The zero-order valence-corrected chi connectivity index (χ0v) is 26.7. The van der Waals surface area contributed by atoms with Crippen molar-refractivity contribution in [3.8, 4) is 0 Å². The third-order valence-corrected chi connectivity index (χ3v) is 12.4. The second kappa shape index (κ2) is 13.8. The van der Waals surface area contributed by atoms with Crippen LogP contribution in [-0.4, -0.2) is 86.7 Å². The van der Waals surface area contributed by atoms with Crippen molar-refractivity contribution in [1.82, 2.24) is 20.9 Å². The number of ether oxygens (including phenoxy) is 1. The van der Waals surface area contributed by atoms with Gasteiger partial charge in [-0.2, -0.15) is 0 Å². The van der Waals surface area contributed by atoms with Gasteiger partial charge in [-0.15, -0.1) is 11.3 Å². The standard InChI is InChI=1S/C26H45N5O7SSi/c1-25(2,3)38-24(36)28-12-11-27-20(32)17-9-13-31(14-10-17)23-30-19(16-39-23)21(33)29-18(22(34)35)15-37-40(7,8)26(4,5)6/h16-18H,9-15H2,1-8H3,(H,27,32)(H,28,36)(H,29,33)(H,34,35)/t18-/m0/s1. The number of rotatable bonds is 11. The van der Waals surface area contributed by atoms with E-state index in [0.29, 0.717) is 37.6 Å². The topological polar surface area (TPSA) is 159 Å². The van der Waals surface area contributed by atoms with Crippen molar-refractivity contribution in [3.63, 3.8) is 0 Å². The average molecular weight is 600 g/mol. The van der Waals surface area contributed by atoms with E-state index >= 15 is 0 Å². The number of carbonyl (C=O) groups excluding carboxylic acids is 3. The van der Waals surface area contributed by atoms with Crippen molar-refractivity contribution in [2.75, 3.05) is 37.7 Å². The van der Waals surface area contributed by atoms with Gasteiger partial charge < -0.3 is 35.1 Å². The molecule has 1 aliphatic rings. The van der Waals surface area contributed by atoms with Crippen LogP contribution in [0.3, 0.4) is 0 Å². The van der Waals surface area contributed by atoms with Crippen LogP contribution in [-0.2, 0) is 18.8 Å². The van der Waals surface area contributed by atoms with Crippen molar-refractivity contribution in [2.45, 2.75) is 84.2 Å². The van der Waals surface area contributed by atoms with Gasteiger partial charge in [-0.05, 0) is 51.7 Å². The molecular weight excluding hydrogens is 554 g/mol. The fourth-order valence-corrected chi connectivity index (χ4v) is 5.45. The van der Waals surface area contributed by atoms with Crippen LogP contribution in [0.4, 0.5) is 9.93 Å². The first-order valence-corrected chi connectivity index (χ1v) is 17.3. The summed E-state index contributed by atoms with van der Waals surface area (Å²) in [6.45, 7) is 17.2. The fourth-order valence-electron chi connectivity index (χ4n) is 3.57. The average Bonchev–Trinajstić information content (AvgIpc) is 3.33. The van der Waals surface area contributed by atoms with Gasteiger partial charge in [0.05, 0.1) is 6.61 Å². The lowest BCUT2D eigenvalue weighted by atomic mass is 9.96. The third-order valence-electron chi connectivity index (χ3n) is 6.97. The van der Waals surface area contributed by atoms with Gasteiger partial charge in [-0.25, -0.2) is 14.6 Å². The minimum atomic E-state index is -2.18. The molecule has 1 aromatic heterocycles. The van der Waals surface area contributed by atoms with Gasteiger partial charge in [0.25, 0.3) is 5.91 Å². The number of thiazole rings is 1. The van der Waals surface area contributed by atoms with E-state index in [-0.39, 0.29) is 35.7 Å². The van der Waals surface area contributed by atoms with Crippen LogP contribution in [0.15, 0.2) is 5.38 Å². The minimum absolute atomic E-state index is 0.0653. The van der Waals surface area contributed by atoms with Gasteiger partial charge in [-0.1, -0.05) is 20.8 Å². The number of alkyl carbamates (subject to hydrolysis) is 1. The Morgan fingerprint density at radius 3 is 2.25 bits per heavy atom. The van der Waals surface area contributed by atoms with Crippen molar-refractivity contribution in [2.24, 2.45) is 5.92 Å². The molecule has 0 bridgehead atoms. The minimum Gasteiger partial charge on any atom is -0.480 e. The highest BCUT2D eigenvalue weighted by molar-refractivity contribution is 7.13. The molecule has 0 aliphatic carbocycles. The maximum atomic E-state index is 12.8. The van der Waals surface area contributed by atoms with Gasteiger partial charge >= 0.3 is 12.1 Å². The first-order chi connectivity index (χ1) is 18.4. The summed E-state index contributed by atoms with van der Waals surface area (Å²) in [6, 6.07) is -1.18. The first-order valence-electron chi connectivity index (χ1n) is 13.5. The number of nitrogens with one attached hydrogen (secondary N) is 3. The van der Waals surface area contributed by atoms with E-state index in [4.69, 9.17) is 9.16 Å². The molecule has 0 unspecified atom stereocenters. The van der Waals surface area contributed by atoms with Gasteiger partial charge in [-0.3, -0.25) is 9.59 Å². The molecule has 1 saturated heterocycles. The van der Waals surface area contributed by atoms with Crippen LogP contribution >= 0.6 is 11.3 Å². The molecule has 14 heteroatoms. The van der Waals surface area contributed by atoms with Gasteiger partial charge in [0, 0.05) is 37.5 Å². The molecule has 1 atom stereocenters. The molecule has 1 aromatic rings. The predicted octanol–water partition coefficient (Wildman–Crippen LogP) is 3.21. The van der Waals surface area contributed by atoms with E-state index in [0.717, 1.165) is 0 Å². The summed E-state index contributed by atoms with van der Waals surface area (Å²) < 4.78 is 11.2. The van der Waals surface area contributed by atoms with Crippen molar-refractivity contribution >= 4 is 48.7 Å². The molecule has 1 aliphatic heterocycles. The summed E-state index contributed by atoms with van der Waals surface area (Å²) in [4.78, 5) is 55.2. The second-order valence-electron chi connectivity index (χ2n) is 12.4. The Morgan fingerprint density at radius 1 is 1.10 bits per heavy atom. The lowest BCUT2D eigenvalue weighted by molar-refractivity contribution is -0.140. The lowest BCUT2D eigenvalue weighted by Gasteiger charge is -2.36. The Bertz CT molecular complexity index is 1040. The van der Waals surface area contributed by atoms with Crippen LogP contribution in [0.1, 0.15) is 64.9 Å². The maximum absolute atomic E-state index is 12.8. The Hall–Kier alpha value is -2.71. The van der Waals surface area contributed by atoms with Crippen LogP contribution in [0.25, 0.3) is 0 Å². The van der Waals surface area contributed by atoms with Crippen molar-refractivity contribution < 1.29 is 33.4 Å². The Kier molecular flexibility index (Phi) is 11.5. The number of carboxylic acids is 1. The Morgan fingerprint density at radius 2 is 1.70 bits per heavy atom. The number of piperidine rings is 1. The van der Waals surface area contributed by atoms with Gasteiger partial charge in [0.2, 0.25) is 5.91 Å². The molecule has 2 heterocycles. The molecule has 2 rings (SSSR count). The largest absolute Gasteiger partial charge is 0.480 e. The number of hydrogen-bond acceptors (Lipinski definition) is 9. The van der Waals surface area contributed by atoms with Crippen LogP contribution in [0, 0.1) is 5.92 Å². The van der Waals surface area contributed by atoms with Crippen molar-refractivity contribution in [3.05, 3.63) is 11.1 Å². The summed E-state index contributed by atoms with van der Waals surface area (Å²) in [5, 5.41) is 19.8. The number of hydrogen-bond donors (Lipinski definition) is 4. The van der Waals surface area contributed by atoms with E-state index in [1.165, 1.54) is 11.3 Å². The zero-order chi connectivity index (χ0) is 30.3. The van der Waals surface area contributed by atoms with E-state index in [2.05, 4.69) is 41.7 Å². The van der Waals surface area contributed by atoms with E-state index in [9.17, 15) is 24.3 Å². The number of anilines is 1. The smallest absolute Gasteiger partial charge is 0.407 e. The zero-order valence-electron chi connectivity index (χ0n) is 24.9. The summed E-state index contributed by atoms with van der Waals surface area (Å²) in [5.74, 6) is -1.95. The third kappa shape index (κ3) is 10.4. The van der Waals surface area contributed by atoms with Gasteiger partial charge in [0.15, 0.2) is 13.4 Å². The monoisotopic (exact) mass is 599 g/mol. The lowest BCUT2D eigenvalue weighted by Crippen LogP contribution is -2.49. The van der Waals surface area contributed by atoms with Gasteiger partial charge in [0.1, 0.15) is 17.3 Å². The molecule has 4 N–H and O–H groups in total. The van der Waals surface area contributed by atoms with E-state index < -0.39 is 37.9 Å². The molecule has 1 fully saturated rings. The number of carboxylic acid groups (broad SMARTS) is 1. The molecular formula is C26H45N5O7SSi. The number of aromatic nitrogens is 1. The first kappa shape index (κ1) is 33.5. The molecule has 3 amide bonds. The fraction of sp³-hybridized carbons (Fsp3) is 0.731. The SMILES string of the molecule is CC(C)(C)OC(=O)NCCNC(=O)C1CCN(c2nc(C(=O)N[C@@H](CO[Si](C)(C)C(C)(C)C)C(=O)O)cs2)CC1. The molecule has 0 saturated carbocycles. The van der Waals surface area contributed by atoms with Crippen LogP contribution in [0.5, 0.6) is 0 Å². The highest BCUT2D eigenvalue weighted by Crippen LogP contribution is 2.36. The summed E-state index contributed by atoms with van der Waals surface area (Å²) in [7, 11) is -2.18. The maximum Gasteiger partial charge on any atom is 0.407 e. The number of amides is 3. The summed E-state index contributed by atoms with van der Waals surface area (Å²) in [5.41, 5.74) is -0.431. The molecule has 0 spiro atoms. The number of nitrogens with zero attached hydrogens (tertiary/aromatic N) is 2. The van der Waals surface area contributed by atoms with E-state index in [1.54, 1.807) is 26.2 Å². The second-order valence-corrected chi connectivity index (χ2v) is 18.1. The van der Waals surface area contributed by atoms with Crippen LogP contribution < -0.4 is 20.9 Å². The highest BCUT2D eigenvalue weighted by Gasteiger charge is 2.38. The summed E-state index contributed by atoms with van der Waals surface area (Å²) in [6.07, 6.45) is 0.723. The number of carbonyl (C=O) groups is 4. The quantitative estimate of drug-likeness (QED) is 0.221. The van der Waals surface area contributed by atoms with E-state index in [1.807, 2.05) is 18.0 Å².